The topological polar surface area (TPSA) is 58.2 Å². The van der Waals surface area contributed by atoms with E-state index in [9.17, 15) is 9.59 Å². The van der Waals surface area contributed by atoms with E-state index in [-0.39, 0.29) is 11.8 Å². The van der Waals surface area contributed by atoms with Crippen molar-refractivity contribution in [2.45, 2.75) is 32.2 Å². The van der Waals surface area contributed by atoms with Crippen LogP contribution in [0.5, 0.6) is 0 Å². The Bertz CT molecular complexity index is 708. The Kier molecular flexibility index (Phi) is 4.71. The van der Waals surface area contributed by atoms with E-state index in [0.717, 1.165) is 29.7 Å². The maximum atomic E-state index is 12.1. The Morgan fingerprint density at radius 1 is 0.826 bits per heavy atom. The van der Waals surface area contributed by atoms with Crippen LogP contribution in [0.3, 0.4) is 0 Å². The number of urea groups is 1. The van der Waals surface area contributed by atoms with Crippen molar-refractivity contribution < 1.29 is 9.59 Å². The van der Waals surface area contributed by atoms with Gasteiger partial charge < -0.3 is 10.6 Å². The average molecular weight is 308 g/mol. The number of anilines is 1. The molecule has 2 heterocycles. The standard InChI is InChI=1S/C19H20N2O2/c22-18-6-2-3-14-7-9-17(10-8-14)21-19(23)20-13-16-5-1-4-15(11-16)12-18/h1,4-5,7-11H,2-3,6,12-13H2,(H2,20,21,23). The van der Waals surface area contributed by atoms with Gasteiger partial charge in [-0.3, -0.25) is 4.79 Å². The van der Waals surface area contributed by atoms with Crippen molar-refractivity contribution in [1.29, 1.82) is 0 Å². The Hall–Kier alpha value is -2.62. The third-order valence-corrected chi connectivity index (χ3v) is 3.98. The monoisotopic (exact) mass is 308 g/mol. The molecule has 0 radical (unpaired) electrons. The molecule has 2 aliphatic heterocycles. The number of hydrogen-bond donors (Lipinski definition) is 2. The van der Waals surface area contributed by atoms with Gasteiger partial charge in [-0.15, -0.1) is 0 Å². The van der Waals surface area contributed by atoms with E-state index in [2.05, 4.69) is 10.6 Å². The van der Waals surface area contributed by atoms with Crippen LogP contribution in [0.1, 0.15) is 29.5 Å². The van der Waals surface area contributed by atoms with Gasteiger partial charge in [0.25, 0.3) is 0 Å². The molecule has 0 aromatic heterocycles. The van der Waals surface area contributed by atoms with Crippen LogP contribution in [0.25, 0.3) is 0 Å². The fraction of sp³-hybridized carbons (Fsp3) is 0.263. The summed E-state index contributed by atoms with van der Waals surface area (Å²) in [7, 11) is 0. The molecule has 0 aliphatic carbocycles. The van der Waals surface area contributed by atoms with Gasteiger partial charge in [0, 0.05) is 25.1 Å². The van der Waals surface area contributed by atoms with Crippen LogP contribution in [-0.2, 0) is 24.2 Å². The molecule has 4 nitrogen and oxygen atoms in total. The number of benzene rings is 2. The van der Waals surface area contributed by atoms with E-state index in [1.807, 2.05) is 48.5 Å². The normalized spacial score (nSPS) is 15.8. The summed E-state index contributed by atoms with van der Waals surface area (Å²) in [5.74, 6) is 0.261. The zero-order valence-electron chi connectivity index (χ0n) is 13.0. The predicted molar refractivity (Wildman–Crippen MR) is 90.4 cm³/mol. The number of carbonyl (C=O) groups is 2. The van der Waals surface area contributed by atoms with Crippen molar-refractivity contribution in [3.63, 3.8) is 0 Å². The number of amides is 2. The van der Waals surface area contributed by atoms with Crippen molar-refractivity contribution >= 4 is 17.5 Å². The molecule has 2 aromatic carbocycles. The van der Waals surface area contributed by atoms with Gasteiger partial charge in [-0.25, -0.2) is 4.79 Å². The molecule has 2 amide bonds. The second-order valence-electron chi connectivity index (χ2n) is 5.89. The third-order valence-electron chi connectivity index (χ3n) is 3.98. The van der Waals surface area contributed by atoms with E-state index in [1.165, 1.54) is 5.56 Å². The minimum Gasteiger partial charge on any atom is -0.334 e. The lowest BCUT2D eigenvalue weighted by Crippen LogP contribution is -2.28. The van der Waals surface area contributed by atoms with Gasteiger partial charge in [0.1, 0.15) is 5.78 Å². The van der Waals surface area contributed by atoms with Gasteiger partial charge in [-0.1, -0.05) is 36.4 Å². The second kappa shape index (κ2) is 7.09. The lowest BCUT2D eigenvalue weighted by molar-refractivity contribution is -0.118. The molecular weight excluding hydrogens is 288 g/mol. The highest BCUT2D eigenvalue weighted by molar-refractivity contribution is 5.89. The molecular formula is C19H20N2O2. The zero-order valence-corrected chi connectivity index (χ0v) is 13.0. The number of nitrogens with one attached hydrogen (secondary N) is 2. The first-order chi connectivity index (χ1) is 11.2. The van der Waals surface area contributed by atoms with Gasteiger partial charge in [-0.05, 0) is 41.7 Å². The first-order valence-electron chi connectivity index (χ1n) is 7.92. The fourth-order valence-electron chi connectivity index (χ4n) is 2.77. The largest absolute Gasteiger partial charge is 0.334 e. The maximum absolute atomic E-state index is 12.1. The number of ketones is 1. The van der Waals surface area contributed by atoms with Crippen LogP contribution in [-0.4, -0.2) is 11.8 Å². The highest BCUT2D eigenvalue weighted by Crippen LogP contribution is 2.14. The third kappa shape index (κ3) is 4.42. The van der Waals surface area contributed by atoms with Gasteiger partial charge >= 0.3 is 6.03 Å². The molecule has 4 rings (SSSR count). The Morgan fingerprint density at radius 2 is 1.61 bits per heavy atom. The molecule has 0 unspecified atom stereocenters. The van der Waals surface area contributed by atoms with Crippen LogP contribution in [0.2, 0.25) is 0 Å². The summed E-state index contributed by atoms with van der Waals surface area (Å²) in [5.41, 5.74) is 3.94. The van der Waals surface area contributed by atoms with Gasteiger partial charge in [0.15, 0.2) is 0 Å². The van der Waals surface area contributed by atoms with Crippen molar-refractivity contribution in [2.24, 2.45) is 0 Å². The fourth-order valence-corrected chi connectivity index (χ4v) is 2.77. The first kappa shape index (κ1) is 15.3. The first-order valence-corrected chi connectivity index (χ1v) is 7.92. The van der Waals surface area contributed by atoms with E-state index in [4.69, 9.17) is 0 Å². The minimum absolute atomic E-state index is 0.230. The molecule has 23 heavy (non-hydrogen) atoms. The average Bonchev–Trinajstić information content (AvgIpc) is 2.54. The van der Waals surface area contributed by atoms with E-state index < -0.39 is 0 Å². The molecule has 0 atom stereocenters. The summed E-state index contributed by atoms with van der Waals surface area (Å²) in [6.45, 7) is 0.436. The molecule has 2 N–H and O–H groups in total. The molecule has 0 spiro atoms. The Morgan fingerprint density at radius 3 is 2.43 bits per heavy atom. The summed E-state index contributed by atoms with van der Waals surface area (Å²) in [4.78, 5) is 24.0. The smallest absolute Gasteiger partial charge is 0.319 e. The van der Waals surface area contributed by atoms with E-state index >= 15 is 0 Å². The zero-order chi connectivity index (χ0) is 16.1. The molecule has 4 bridgehead atoms. The lowest BCUT2D eigenvalue weighted by Gasteiger charge is -2.10. The summed E-state index contributed by atoms with van der Waals surface area (Å²) in [6.07, 6.45) is 2.78. The molecule has 118 valence electrons. The number of rotatable bonds is 0. The van der Waals surface area contributed by atoms with Crippen LogP contribution >= 0.6 is 0 Å². The van der Waals surface area contributed by atoms with Gasteiger partial charge in [0.2, 0.25) is 0 Å². The summed E-state index contributed by atoms with van der Waals surface area (Å²) in [5, 5.41) is 5.66. The summed E-state index contributed by atoms with van der Waals surface area (Å²) >= 11 is 0. The number of aryl methyl sites for hydroxylation is 1. The number of Topliss-reactive ketones (excluding diaryl/α,β-unsaturated/α-hetero) is 1. The van der Waals surface area contributed by atoms with E-state index in [1.54, 1.807) is 0 Å². The lowest BCUT2D eigenvalue weighted by atomic mass is 10.0. The highest BCUT2D eigenvalue weighted by atomic mass is 16.2. The molecule has 2 aliphatic rings. The minimum atomic E-state index is -0.230. The number of fused-ring (bicyclic) bond motifs is 9. The molecule has 0 fully saturated rings. The van der Waals surface area contributed by atoms with Gasteiger partial charge in [-0.2, -0.15) is 0 Å². The van der Waals surface area contributed by atoms with Crippen LogP contribution < -0.4 is 10.6 Å². The number of hydrogen-bond acceptors (Lipinski definition) is 2. The van der Waals surface area contributed by atoms with Crippen molar-refractivity contribution in [3.05, 3.63) is 65.2 Å². The predicted octanol–water partition coefficient (Wildman–Crippen LogP) is 3.46. The second-order valence-corrected chi connectivity index (χ2v) is 5.89. The molecule has 0 saturated carbocycles. The summed E-state index contributed by atoms with van der Waals surface area (Å²) in [6, 6.07) is 15.4. The highest BCUT2D eigenvalue weighted by Gasteiger charge is 2.07. The van der Waals surface area contributed by atoms with Crippen molar-refractivity contribution in [3.8, 4) is 0 Å². The van der Waals surface area contributed by atoms with Crippen LogP contribution in [0.15, 0.2) is 48.5 Å². The Balaban J connectivity index is 1.79. The van der Waals surface area contributed by atoms with Crippen LogP contribution in [0, 0.1) is 0 Å². The number of carbonyl (C=O) groups excluding carboxylic acids is 2. The molecule has 0 saturated heterocycles. The molecule has 2 aromatic rings. The maximum Gasteiger partial charge on any atom is 0.319 e. The SMILES string of the molecule is O=C1CCCc2ccc(cc2)NC(=O)NCc2cccc(c2)C1. The van der Waals surface area contributed by atoms with E-state index in [0.29, 0.717) is 19.4 Å². The summed E-state index contributed by atoms with van der Waals surface area (Å²) < 4.78 is 0. The molecule has 4 heteroatoms. The van der Waals surface area contributed by atoms with Crippen molar-refractivity contribution in [1.82, 2.24) is 5.32 Å². The van der Waals surface area contributed by atoms with Gasteiger partial charge in [0.05, 0.1) is 0 Å². The van der Waals surface area contributed by atoms with Crippen molar-refractivity contribution in [2.75, 3.05) is 5.32 Å². The van der Waals surface area contributed by atoms with Crippen LogP contribution in [0.4, 0.5) is 10.5 Å². The quantitative estimate of drug-likeness (QED) is 0.783. The Labute approximate surface area is 135 Å².